The molecule has 1 atom stereocenters. The second kappa shape index (κ2) is 5.76. The Morgan fingerprint density at radius 1 is 1.22 bits per heavy atom. The zero-order valence-corrected chi connectivity index (χ0v) is 14.9. The van der Waals surface area contributed by atoms with E-state index < -0.39 is 10.0 Å². The van der Waals surface area contributed by atoms with Crippen LogP contribution in [-0.2, 0) is 29.9 Å². The molecule has 0 amide bonds. The molecule has 0 spiro atoms. The van der Waals surface area contributed by atoms with Crippen LogP contribution in [0.3, 0.4) is 0 Å². The van der Waals surface area contributed by atoms with E-state index in [2.05, 4.69) is 9.82 Å². The van der Waals surface area contributed by atoms with Crippen molar-refractivity contribution in [2.45, 2.75) is 51.0 Å². The average molecular weight is 333 g/mol. The molecule has 2 aromatic rings. The maximum Gasteiger partial charge on any atom is 0.241 e. The van der Waals surface area contributed by atoms with Crippen LogP contribution in [-0.4, -0.2) is 18.2 Å². The Labute approximate surface area is 137 Å². The van der Waals surface area contributed by atoms with Gasteiger partial charge in [-0.05, 0) is 63.3 Å². The van der Waals surface area contributed by atoms with E-state index in [0.29, 0.717) is 4.90 Å². The summed E-state index contributed by atoms with van der Waals surface area (Å²) in [6.45, 7) is 5.72. The maximum atomic E-state index is 12.7. The number of benzene rings is 1. The first kappa shape index (κ1) is 16.2. The molecule has 1 aromatic heterocycles. The van der Waals surface area contributed by atoms with Gasteiger partial charge in [0.05, 0.1) is 10.6 Å². The summed E-state index contributed by atoms with van der Waals surface area (Å²) in [5.41, 5.74) is 5.21. The average Bonchev–Trinajstić information content (AvgIpc) is 3.02. The third kappa shape index (κ3) is 2.93. The van der Waals surface area contributed by atoms with Crippen molar-refractivity contribution in [3.63, 3.8) is 0 Å². The first-order chi connectivity index (χ1) is 10.8. The molecule has 0 saturated carbocycles. The normalized spacial score (nSPS) is 15.7. The lowest BCUT2D eigenvalue weighted by molar-refractivity contribution is 0.565. The zero-order valence-electron chi connectivity index (χ0n) is 14.0. The molecular weight excluding hydrogens is 310 g/mol. The fourth-order valence-corrected chi connectivity index (χ4v) is 4.76. The molecule has 23 heavy (non-hydrogen) atoms. The van der Waals surface area contributed by atoms with Crippen molar-refractivity contribution in [2.24, 2.45) is 7.05 Å². The van der Waals surface area contributed by atoms with Crippen LogP contribution in [0.5, 0.6) is 0 Å². The number of nitrogens with one attached hydrogen (secondary N) is 1. The van der Waals surface area contributed by atoms with Crippen LogP contribution < -0.4 is 4.72 Å². The van der Waals surface area contributed by atoms with Crippen LogP contribution in [0, 0.1) is 13.8 Å². The first-order valence-corrected chi connectivity index (χ1v) is 9.42. The van der Waals surface area contributed by atoms with Crippen molar-refractivity contribution in [3.8, 4) is 0 Å². The SMILES string of the molecule is Cc1nn(C)c(C)c1[C@@H](C)NS(=O)(=O)c1ccc2c(c1)CCC2. The Bertz CT molecular complexity index is 853. The molecule has 124 valence electrons. The van der Waals surface area contributed by atoms with E-state index in [1.54, 1.807) is 10.7 Å². The summed E-state index contributed by atoms with van der Waals surface area (Å²) in [7, 11) is -1.67. The van der Waals surface area contributed by atoms with E-state index in [-0.39, 0.29) is 6.04 Å². The minimum absolute atomic E-state index is 0.318. The summed E-state index contributed by atoms with van der Waals surface area (Å²) in [5.74, 6) is 0. The molecule has 5 nitrogen and oxygen atoms in total. The number of hydrogen-bond donors (Lipinski definition) is 1. The van der Waals surface area contributed by atoms with Crippen LogP contribution in [0.2, 0.25) is 0 Å². The highest BCUT2D eigenvalue weighted by molar-refractivity contribution is 7.89. The number of fused-ring (bicyclic) bond motifs is 1. The topological polar surface area (TPSA) is 64.0 Å². The molecule has 1 heterocycles. The Kier molecular flexibility index (Phi) is 4.06. The molecule has 0 bridgehead atoms. The van der Waals surface area contributed by atoms with Crippen LogP contribution in [0.15, 0.2) is 23.1 Å². The van der Waals surface area contributed by atoms with Crippen molar-refractivity contribution in [2.75, 3.05) is 0 Å². The van der Waals surface area contributed by atoms with Gasteiger partial charge in [-0.25, -0.2) is 13.1 Å². The lowest BCUT2D eigenvalue weighted by Gasteiger charge is -2.16. The number of aromatic nitrogens is 2. The zero-order chi connectivity index (χ0) is 16.8. The van der Waals surface area contributed by atoms with E-state index in [1.165, 1.54) is 5.56 Å². The van der Waals surface area contributed by atoms with Gasteiger partial charge in [-0.3, -0.25) is 4.68 Å². The molecule has 0 aliphatic heterocycles. The summed E-state index contributed by atoms with van der Waals surface area (Å²) >= 11 is 0. The molecule has 6 heteroatoms. The van der Waals surface area contributed by atoms with E-state index >= 15 is 0 Å². The van der Waals surface area contributed by atoms with Crippen LogP contribution in [0.1, 0.15) is 47.5 Å². The highest BCUT2D eigenvalue weighted by Gasteiger charge is 2.24. The van der Waals surface area contributed by atoms with Crippen molar-refractivity contribution in [1.29, 1.82) is 0 Å². The summed E-state index contributed by atoms with van der Waals surface area (Å²) < 4.78 is 30.0. The van der Waals surface area contributed by atoms with E-state index in [1.807, 2.05) is 40.0 Å². The number of nitrogens with zero attached hydrogens (tertiary/aromatic N) is 2. The summed E-state index contributed by atoms with van der Waals surface area (Å²) in [6.07, 6.45) is 3.12. The third-order valence-corrected chi connectivity index (χ3v) is 6.25. The Morgan fingerprint density at radius 2 is 1.91 bits per heavy atom. The largest absolute Gasteiger partial charge is 0.272 e. The third-order valence-electron chi connectivity index (χ3n) is 4.71. The smallest absolute Gasteiger partial charge is 0.241 e. The van der Waals surface area contributed by atoms with Crippen molar-refractivity contribution in [3.05, 3.63) is 46.3 Å². The Hall–Kier alpha value is -1.66. The van der Waals surface area contributed by atoms with Gasteiger partial charge in [0.25, 0.3) is 0 Å². The quantitative estimate of drug-likeness (QED) is 0.935. The summed E-state index contributed by atoms with van der Waals surface area (Å²) in [6, 6.07) is 5.16. The minimum atomic E-state index is -3.54. The molecule has 0 unspecified atom stereocenters. The molecule has 1 aliphatic carbocycles. The fourth-order valence-electron chi connectivity index (χ4n) is 3.49. The number of hydrogen-bond acceptors (Lipinski definition) is 3. The molecule has 0 fully saturated rings. The highest BCUT2D eigenvalue weighted by Crippen LogP contribution is 2.26. The Morgan fingerprint density at radius 3 is 2.57 bits per heavy atom. The van der Waals surface area contributed by atoms with Crippen molar-refractivity contribution in [1.82, 2.24) is 14.5 Å². The highest BCUT2D eigenvalue weighted by atomic mass is 32.2. The molecule has 1 aliphatic rings. The lowest BCUT2D eigenvalue weighted by Crippen LogP contribution is -2.27. The van der Waals surface area contributed by atoms with Crippen LogP contribution >= 0.6 is 0 Å². The van der Waals surface area contributed by atoms with E-state index in [9.17, 15) is 8.42 Å². The summed E-state index contributed by atoms with van der Waals surface area (Å²) in [4.78, 5) is 0.351. The van der Waals surface area contributed by atoms with E-state index in [4.69, 9.17) is 0 Å². The number of rotatable bonds is 4. The van der Waals surface area contributed by atoms with Gasteiger partial charge in [0.2, 0.25) is 10.0 Å². The second-order valence-electron chi connectivity index (χ2n) is 6.34. The molecule has 0 saturated heterocycles. The van der Waals surface area contributed by atoms with Gasteiger partial charge < -0.3 is 0 Å². The van der Waals surface area contributed by atoms with Gasteiger partial charge in [-0.15, -0.1) is 0 Å². The second-order valence-corrected chi connectivity index (χ2v) is 8.05. The molecule has 1 N–H and O–H groups in total. The van der Waals surface area contributed by atoms with Gasteiger partial charge >= 0.3 is 0 Å². The van der Waals surface area contributed by atoms with Crippen LogP contribution in [0.4, 0.5) is 0 Å². The van der Waals surface area contributed by atoms with Gasteiger partial charge in [0.1, 0.15) is 0 Å². The fraction of sp³-hybridized carbons (Fsp3) is 0.471. The molecule has 1 aromatic carbocycles. The predicted octanol–water partition coefficient (Wildman–Crippen LogP) is 2.57. The number of sulfonamides is 1. The monoisotopic (exact) mass is 333 g/mol. The van der Waals surface area contributed by atoms with Gasteiger partial charge in [0, 0.05) is 24.3 Å². The maximum absolute atomic E-state index is 12.7. The standard InChI is InChI=1S/C17H23N3O2S/c1-11-17(13(3)20(4)18-11)12(2)19-23(21,22)16-9-8-14-6-5-7-15(14)10-16/h8-10,12,19H,5-7H2,1-4H3/t12-/m1/s1. The lowest BCUT2D eigenvalue weighted by atomic mass is 10.1. The van der Waals surface area contributed by atoms with Crippen molar-refractivity contribution >= 4 is 10.0 Å². The Balaban J connectivity index is 1.89. The van der Waals surface area contributed by atoms with Crippen LogP contribution in [0.25, 0.3) is 0 Å². The minimum Gasteiger partial charge on any atom is -0.272 e. The van der Waals surface area contributed by atoms with Gasteiger partial charge in [-0.1, -0.05) is 6.07 Å². The van der Waals surface area contributed by atoms with Gasteiger partial charge in [-0.2, -0.15) is 5.10 Å². The molecular formula is C17H23N3O2S. The summed E-state index contributed by atoms with van der Waals surface area (Å²) in [5, 5.41) is 4.36. The molecule has 3 rings (SSSR count). The predicted molar refractivity (Wildman–Crippen MR) is 89.9 cm³/mol. The van der Waals surface area contributed by atoms with E-state index in [0.717, 1.165) is 41.8 Å². The first-order valence-electron chi connectivity index (χ1n) is 7.94. The molecule has 0 radical (unpaired) electrons. The van der Waals surface area contributed by atoms with Crippen molar-refractivity contribution < 1.29 is 8.42 Å². The number of aryl methyl sites for hydroxylation is 4. The van der Waals surface area contributed by atoms with Gasteiger partial charge in [0.15, 0.2) is 0 Å².